The van der Waals surface area contributed by atoms with E-state index in [1.165, 1.54) is 23.5 Å². The molecule has 0 aliphatic carbocycles. The van der Waals surface area contributed by atoms with Gasteiger partial charge in [0.05, 0.1) is 17.0 Å². The third-order valence-corrected chi connectivity index (χ3v) is 4.03. The summed E-state index contributed by atoms with van der Waals surface area (Å²) in [5.41, 5.74) is 4.12. The molecular formula is C13H11N5O3S. The number of hydrazine groups is 1. The van der Waals surface area contributed by atoms with Crippen LogP contribution in [-0.4, -0.2) is 20.2 Å². The van der Waals surface area contributed by atoms with Crippen molar-refractivity contribution in [3.63, 3.8) is 0 Å². The summed E-state index contributed by atoms with van der Waals surface area (Å²) in [5, 5.41) is 12.7. The standard InChI is InChI=1S/C13H11N5O3S/c14-16-12(19)5-10-7-22-13-15-11(6-17(10)13)8-2-1-3-9(4-8)18(20)21/h1-4,6-7H,5,14H2,(H,16,19). The van der Waals surface area contributed by atoms with Gasteiger partial charge >= 0.3 is 0 Å². The van der Waals surface area contributed by atoms with Crippen molar-refractivity contribution in [2.45, 2.75) is 6.42 Å². The van der Waals surface area contributed by atoms with E-state index in [2.05, 4.69) is 10.4 Å². The minimum Gasteiger partial charge on any atom is -0.294 e. The predicted octanol–water partition coefficient (Wildman–Crippen LogP) is 1.50. The molecule has 3 aromatic rings. The second-order valence-electron chi connectivity index (χ2n) is 4.56. The summed E-state index contributed by atoms with van der Waals surface area (Å²) in [5.74, 6) is 4.79. The lowest BCUT2D eigenvalue weighted by molar-refractivity contribution is -0.384. The molecule has 0 fully saturated rings. The Morgan fingerprint density at radius 1 is 1.50 bits per heavy atom. The van der Waals surface area contributed by atoms with Gasteiger partial charge in [-0.15, -0.1) is 11.3 Å². The van der Waals surface area contributed by atoms with Gasteiger partial charge in [0.15, 0.2) is 4.96 Å². The fourth-order valence-electron chi connectivity index (χ4n) is 2.09. The van der Waals surface area contributed by atoms with Crippen LogP contribution < -0.4 is 11.3 Å². The van der Waals surface area contributed by atoms with E-state index in [4.69, 9.17) is 5.84 Å². The molecule has 2 heterocycles. The molecule has 0 bridgehead atoms. The van der Waals surface area contributed by atoms with Gasteiger partial charge in [-0.05, 0) is 0 Å². The monoisotopic (exact) mass is 317 g/mol. The quantitative estimate of drug-likeness (QED) is 0.327. The molecule has 1 amide bonds. The van der Waals surface area contributed by atoms with Crippen LogP contribution in [0.2, 0.25) is 0 Å². The van der Waals surface area contributed by atoms with Gasteiger partial charge in [0, 0.05) is 35.0 Å². The van der Waals surface area contributed by atoms with Crippen LogP contribution in [0.25, 0.3) is 16.2 Å². The van der Waals surface area contributed by atoms with Gasteiger partial charge in [-0.1, -0.05) is 12.1 Å². The summed E-state index contributed by atoms with van der Waals surface area (Å²) in [6.45, 7) is 0. The smallest absolute Gasteiger partial charge is 0.270 e. The van der Waals surface area contributed by atoms with E-state index in [0.29, 0.717) is 16.2 Å². The number of nitro benzene ring substituents is 1. The van der Waals surface area contributed by atoms with Crippen molar-refractivity contribution in [1.29, 1.82) is 0 Å². The maximum absolute atomic E-state index is 11.4. The van der Waals surface area contributed by atoms with Gasteiger partial charge in [-0.3, -0.25) is 24.7 Å². The molecule has 3 N–H and O–H groups in total. The number of aromatic nitrogens is 2. The number of carbonyl (C=O) groups excluding carboxylic acids is 1. The number of non-ortho nitro benzene ring substituents is 1. The van der Waals surface area contributed by atoms with E-state index in [1.54, 1.807) is 22.7 Å². The van der Waals surface area contributed by atoms with Crippen LogP contribution in [0.5, 0.6) is 0 Å². The SMILES string of the molecule is NNC(=O)Cc1csc2nc(-c3cccc([N+](=O)[O-])c3)cn12. The van der Waals surface area contributed by atoms with Crippen molar-refractivity contribution in [2.75, 3.05) is 0 Å². The number of benzene rings is 1. The van der Waals surface area contributed by atoms with Crippen LogP contribution in [0.1, 0.15) is 5.69 Å². The summed E-state index contributed by atoms with van der Waals surface area (Å²) in [7, 11) is 0. The first kappa shape index (κ1) is 14.2. The molecule has 112 valence electrons. The molecular weight excluding hydrogens is 306 g/mol. The fraction of sp³-hybridized carbons (Fsp3) is 0.0769. The lowest BCUT2D eigenvalue weighted by atomic mass is 10.1. The van der Waals surface area contributed by atoms with E-state index < -0.39 is 4.92 Å². The molecule has 1 aromatic carbocycles. The Hall–Kier alpha value is -2.78. The molecule has 3 rings (SSSR count). The van der Waals surface area contributed by atoms with Crippen LogP contribution >= 0.6 is 11.3 Å². The molecule has 0 radical (unpaired) electrons. The van der Waals surface area contributed by atoms with Crippen LogP contribution in [-0.2, 0) is 11.2 Å². The van der Waals surface area contributed by atoms with E-state index in [-0.39, 0.29) is 18.0 Å². The normalized spacial score (nSPS) is 10.8. The van der Waals surface area contributed by atoms with Crippen LogP contribution in [0.15, 0.2) is 35.8 Å². The summed E-state index contributed by atoms with van der Waals surface area (Å²) in [4.78, 5) is 26.9. The number of amides is 1. The average Bonchev–Trinajstić information content (AvgIpc) is 3.09. The second kappa shape index (κ2) is 5.54. The fourth-order valence-corrected chi connectivity index (χ4v) is 2.96. The highest BCUT2D eigenvalue weighted by atomic mass is 32.1. The molecule has 0 atom stereocenters. The number of thiazole rings is 1. The summed E-state index contributed by atoms with van der Waals surface area (Å²) in [6, 6.07) is 6.27. The lowest BCUT2D eigenvalue weighted by Gasteiger charge is -1.98. The highest BCUT2D eigenvalue weighted by Crippen LogP contribution is 2.26. The number of nitro groups is 1. The van der Waals surface area contributed by atoms with Gasteiger partial charge in [0.2, 0.25) is 5.91 Å². The first-order chi connectivity index (χ1) is 10.6. The predicted molar refractivity (Wildman–Crippen MR) is 81.2 cm³/mol. The maximum atomic E-state index is 11.4. The van der Waals surface area contributed by atoms with E-state index in [0.717, 1.165) is 5.69 Å². The van der Waals surface area contributed by atoms with Crippen molar-refractivity contribution in [2.24, 2.45) is 5.84 Å². The van der Waals surface area contributed by atoms with Gasteiger partial charge in [0.25, 0.3) is 5.69 Å². The molecule has 0 aliphatic rings. The molecule has 8 nitrogen and oxygen atoms in total. The Morgan fingerprint density at radius 2 is 2.32 bits per heavy atom. The largest absolute Gasteiger partial charge is 0.294 e. The highest BCUT2D eigenvalue weighted by Gasteiger charge is 2.13. The molecule has 0 saturated heterocycles. The van der Waals surface area contributed by atoms with Crippen molar-refractivity contribution in [3.05, 3.63) is 51.7 Å². The van der Waals surface area contributed by atoms with Crippen molar-refractivity contribution in [3.8, 4) is 11.3 Å². The first-order valence-electron chi connectivity index (χ1n) is 6.28. The number of fused-ring (bicyclic) bond motifs is 1. The maximum Gasteiger partial charge on any atom is 0.270 e. The lowest BCUT2D eigenvalue weighted by Crippen LogP contribution is -2.31. The van der Waals surface area contributed by atoms with E-state index in [9.17, 15) is 14.9 Å². The third kappa shape index (κ3) is 2.54. The average molecular weight is 317 g/mol. The zero-order valence-electron chi connectivity index (χ0n) is 11.2. The van der Waals surface area contributed by atoms with Gasteiger partial charge in [0.1, 0.15) is 0 Å². The highest BCUT2D eigenvalue weighted by molar-refractivity contribution is 7.15. The Morgan fingerprint density at radius 3 is 3.05 bits per heavy atom. The zero-order valence-corrected chi connectivity index (χ0v) is 12.0. The number of carbonyl (C=O) groups is 1. The first-order valence-corrected chi connectivity index (χ1v) is 7.16. The second-order valence-corrected chi connectivity index (χ2v) is 5.39. The molecule has 22 heavy (non-hydrogen) atoms. The molecule has 2 aromatic heterocycles. The number of hydrogen-bond donors (Lipinski definition) is 2. The van der Waals surface area contributed by atoms with Gasteiger partial charge < -0.3 is 0 Å². The number of hydrogen-bond acceptors (Lipinski definition) is 6. The Bertz CT molecular complexity index is 870. The molecule has 0 saturated carbocycles. The minimum absolute atomic E-state index is 0.0107. The third-order valence-electron chi connectivity index (χ3n) is 3.14. The Balaban J connectivity index is 2.00. The Labute approximate surface area is 128 Å². The molecule has 0 unspecified atom stereocenters. The summed E-state index contributed by atoms with van der Waals surface area (Å²) < 4.78 is 1.79. The topological polar surface area (TPSA) is 116 Å². The van der Waals surface area contributed by atoms with E-state index in [1.807, 2.05) is 5.38 Å². The van der Waals surface area contributed by atoms with Crippen LogP contribution in [0.4, 0.5) is 5.69 Å². The van der Waals surface area contributed by atoms with E-state index >= 15 is 0 Å². The van der Waals surface area contributed by atoms with Crippen molar-refractivity contribution < 1.29 is 9.72 Å². The number of nitrogens with zero attached hydrogens (tertiary/aromatic N) is 3. The molecule has 9 heteroatoms. The van der Waals surface area contributed by atoms with Crippen molar-refractivity contribution >= 4 is 27.9 Å². The number of rotatable bonds is 4. The summed E-state index contributed by atoms with van der Waals surface area (Å²) in [6.07, 6.45) is 1.89. The zero-order chi connectivity index (χ0) is 15.7. The van der Waals surface area contributed by atoms with Crippen LogP contribution in [0, 0.1) is 10.1 Å². The molecule has 0 spiro atoms. The van der Waals surface area contributed by atoms with Gasteiger partial charge in [-0.2, -0.15) is 0 Å². The minimum atomic E-state index is -0.445. The van der Waals surface area contributed by atoms with Crippen molar-refractivity contribution in [1.82, 2.24) is 14.8 Å². The van der Waals surface area contributed by atoms with Crippen LogP contribution in [0.3, 0.4) is 0 Å². The molecule has 0 aliphatic heterocycles. The van der Waals surface area contributed by atoms with Gasteiger partial charge in [-0.25, -0.2) is 10.8 Å². The Kier molecular flexibility index (Phi) is 3.57. The number of imidazole rings is 1. The number of nitrogens with one attached hydrogen (secondary N) is 1. The summed E-state index contributed by atoms with van der Waals surface area (Å²) >= 11 is 1.39. The number of nitrogens with two attached hydrogens (primary N) is 1.